The minimum Gasteiger partial charge on any atom is -0.495 e. The number of methoxy groups -OCH3 is 1. The topological polar surface area (TPSA) is 101 Å². The SMILES string of the molecule is CCc1ccccc1.CO/N=C1\CCCC[C@H]1C.COc1cc(C(=O)NC2CCCN(C)C2)ccc1Nc1ncc(C(F)(F)F)c(C)n1. The Morgan fingerprint density at radius 2 is 1.83 bits per heavy atom. The largest absolute Gasteiger partial charge is 0.495 e. The number of alkyl halides is 3. The summed E-state index contributed by atoms with van der Waals surface area (Å²) < 4.78 is 44.0. The second-order valence-corrected chi connectivity index (χ2v) is 12.1. The fourth-order valence-corrected chi connectivity index (χ4v) is 5.55. The summed E-state index contributed by atoms with van der Waals surface area (Å²) in [4.78, 5) is 27.1. The first-order valence-corrected chi connectivity index (χ1v) is 16.4. The van der Waals surface area contributed by atoms with Gasteiger partial charge in [-0.3, -0.25) is 4.79 Å². The van der Waals surface area contributed by atoms with Crippen molar-refractivity contribution in [2.75, 3.05) is 39.7 Å². The first-order chi connectivity index (χ1) is 22.9. The maximum absolute atomic E-state index is 12.9. The van der Waals surface area contributed by atoms with Gasteiger partial charge < -0.3 is 25.1 Å². The molecular formula is C36H49F3N6O3. The van der Waals surface area contributed by atoms with Crippen LogP contribution >= 0.6 is 0 Å². The molecule has 1 amide bonds. The smallest absolute Gasteiger partial charge is 0.419 e. The van der Waals surface area contributed by atoms with Crippen molar-refractivity contribution in [1.29, 1.82) is 0 Å². The molecule has 2 fully saturated rings. The number of likely N-dealkylation sites (N-methyl/N-ethyl adjacent to an activating group) is 1. The number of aromatic nitrogens is 2. The molecule has 2 N–H and O–H groups in total. The Morgan fingerprint density at radius 3 is 2.42 bits per heavy atom. The van der Waals surface area contributed by atoms with Gasteiger partial charge >= 0.3 is 6.18 Å². The summed E-state index contributed by atoms with van der Waals surface area (Å²) in [6, 6.07) is 15.3. The Balaban J connectivity index is 0.000000280. The number of halogens is 3. The Bertz CT molecular complexity index is 1470. The van der Waals surface area contributed by atoms with Crippen LogP contribution in [0.15, 0.2) is 59.9 Å². The van der Waals surface area contributed by atoms with Crippen molar-refractivity contribution in [3.05, 3.63) is 77.1 Å². The maximum Gasteiger partial charge on any atom is 0.419 e. The number of piperidine rings is 1. The van der Waals surface area contributed by atoms with Crippen molar-refractivity contribution >= 4 is 23.3 Å². The quantitative estimate of drug-likeness (QED) is 0.247. The Labute approximate surface area is 282 Å². The van der Waals surface area contributed by atoms with Crippen molar-refractivity contribution in [3.8, 4) is 5.75 Å². The first-order valence-electron chi connectivity index (χ1n) is 16.4. The van der Waals surface area contributed by atoms with Crippen molar-refractivity contribution in [2.24, 2.45) is 11.1 Å². The van der Waals surface area contributed by atoms with Gasteiger partial charge in [0.25, 0.3) is 5.91 Å². The van der Waals surface area contributed by atoms with E-state index in [1.54, 1.807) is 25.3 Å². The number of nitrogens with one attached hydrogen (secondary N) is 2. The van der Waals surface area contributed by atoms with E-state index in [9.17, 15) is 18.0 Å². The third-order valence-corrected chi connectivity index (χ3v) is 8.30. The van der Waals surface area contributed by atoms with E-state index in [0.29, 0.717) is 22.9 Å². The molecule has 2 aliphatic rings. The molecule has 2 aromatic carbocycles. The predicted molar refractivity (Wildman–Crippen MR) is 184 cm³/mol. The fourth-order valence-electron chi connectivity index (χ4n) is 5.55. The van der Waals surface area contributed by atoms with Gasteiger partial charge in [0.2, 0.25) is 5.95 Å². The summed E-state index contributed by atoms with van der Waals surface area (Å²) in [6.07, 6.45) is 4.37. The number of carbonyl (C=O) groups excluding carboxylic acids is 1. The summed E-state index contributed by atoms with van der Waals surface area (Å²) in [5.74, 6) is 0.793. The average Bonchev–Trinajstić information content (AvgIpc) is 3.06. The molecular weight excluding hydrogens is 621 g/mol. The number of hydrogen-bond acceptors (Lipinski definition) is 8. The van der Waals surface area contributed by atoms with Crippen LogP contribution in [0.3, 0.4) is 0 Å². The van der Waals surface area contributed by atoms with Crippen LogP contribution in [0.4, 0.5) is 24.8 Å². The molecule has 2 atom stereocenters. The highest BCUT2D eigenvalue weighted by Crippen LogP contribution is 2.32. The highest BCUT2D eigenvalue weighted by atomic mass is 19.4. The second-order valence-electron chi connectivity index (χ2n) is 12.1. The molecule has 3 aromatic rings. The van der Waals surface area contributed by atoms with Crippen molar-refractivity contribution in [3.63, 3.8) is 0 Å². The number of nitrogens with zero attached hydrogens (tertiary/aromatic N) is 4. The van der Waals surface area contributed by atoms with Gasteiger partial charge in [0.1, 0.15) is 12.9 Å². The van der Waals surface area contributed by atoms with Crippen LogP contribution in [0.5, 0.6) is 5.75 Å². The van der Waals surface area contributed by atoms with E-state index in [0.717, 1.165) is 45.0 Å². The van der Waals surface area contributed by atoms with Crippen LogP contribution in [-0.4, -0.2) is 66.9 Å². The van der Waals surface area contributed by atoms with Crippen LogP contribution in [0, 0.1) is 12.8 Å². The van der Waals surface area contributed by atoms with E-state index < -0.39 is 11.7 Å². The van der Waals surface area contributed by atoms with Crippen LogP contribution < -0.4 is 15.4 Å². The van der Waals surface area contributed by atoms with Gasteiger partial charge in [0.15, 0.2) is 0 Å². The number of hydrogen-bond donors (Lipinski definition) is 2. The maximum atomic E-state index is 12.9. The van der Waals surface area contributed by atoms with Crippen molar-refractivity contribution in [1.82, 2.24) is 20.2 Å². The molecule has 1 saturated carbocycles. The zero-order valence-electron chi connectivity index (χ0n) is 28.9. The Kier molecular flexibility index (Phi) is 15.1. The second kappa shape index (κ2) is 19.0. The lowest BCUT2D eigenvalue weighted by molar-refractivity contribution is -0.138. The first kappa shape index (κ1) is 38.3. The monoisotopic (exact) mass is 670 g/mol. The minimum absolute atomic E-state index is 0.00115. The average molecular weight is 671 g/mol. The van der Waals surface area contributed by atoms with Gasteiger partial charge in [-0.15, -0.1) is 0 Å². The molecule has 0 bridgehead atoms. The van der Waals surface area contributed by atoms with Crippen LogP contribution in [0.1, 0.15) is 79.6 Å². The van der Waals surface area contributed by atoms with E-state index in [1.165, 1.54) is 44.6 Å². The molecule has 48 heavy (non-hydrogen) atoms. The molecule has 12 heteroatoms. The number of carbonyl (C=O) groups is 1. The molecule has 9 nitrogen and oxygen atoms in total. The zero-order chi connectivity index (χ0) is 35.1. The Morgan fingerprint density at radius 1 is 1.08 bits per heavy atom. The van der Waals surface area contributed by atoms with E-state index in [2.05, 4.69) is 68.8 Å². The van der Waals surface area contributed by atoms with Gasteiger partial charge in [0, 0.05) is 24.3 Å². The Hall–Kier alpha value is -4.19. The third kappa shape index (κ3) is 12.1. The number of ether oxygens (including phenoxy) is 1. The van der Waals surface area contributed by atoms with Crippen molar-refractivity contribution < 1.29 is 27.5 Å². The number of amides is 1. The molecule has 0 spiro atoms. The number of aryl methyl sites for hydroxylation is 2. The number of anilines is 2. The lowest BCUT2D eigenvalue weighted by Crippen LogP contribution is -2.46. The number of oxime groups is 1. The van der Waals surface area contributed by atoms with Gasteiger partial charge in [-0.05, 0) is 88.7 Å². The van der Waals surface area contributed by atoms with E-state index in [4.69, 9.17) is 9.57 Å². The summed E-state index contributed by atoms with van der Waals surface area (Å²) >= 11 is 0. The van der Waals surface area contributed by atoms with Gasteiger partial charge in [0.05, 0.1) is 29.8 Å². The molecule has 1 aromatic heterocycles. The molecule has 262 valence electrons. The standard InChI is InChI=1S/C20H24F3N5O2.C8H15NO.C8H10/c1-12-15(20(21,22)23)10-24-19(25-12)27-16-7-6-13(9-17(16)30-3)18(29)26-14-5-4-8-28(2)11-14;1-7-5-3-4-6-8(7)9-10-2;1-2-8-6-4-3-5-7-8/h6-7,9-10,14H,4-5,8,11H2,1-3H3,(H,26,29)(H,24,25,27);7H,3-6H2,1-2H3;3-7H,2H2,1H3/b;9-8+;/t;7-;/m.1./s1. The van der Waals surface area contributed by atoms with Gasteiger partial charge in [-0.25, -0.2) is 9.97 Å². The predicted octanol–water partition coefficient (Wildman–Crippen LogP) is 7.83. The molecule has 5 rings (SSSR count). The van der Waals surface area contributed by atoms with E-state index in [1.807, 2.05) is 13.1 Å². The normalized spacial score (nSPS) is 18.8. The van der Waals surface area contributed by atoms with Gasteiger partial charge in [-0.1, -0.05) is 55.8 Å². The molecule has 0 radical (unpaired) electrons. The molecule has 2 heterocycles. The lowest BCUT2D eigenvalue weighted by atomic mass is 9.89. The molecule has 1 aliphatic carbocycles. The third-order valence-electron chi connectivity index (χ3n) is 8.30. The van der Waals surface area contributed by atoms with Crippen LogP contribution in [-0.2, 0) is 17.4 Å². The lowest BCUT2D eigenvalue weighted by Gasteiger charge is -2.30. The molecule has 1 unspecified atom stereocenters. The summed E-state index contributed by atoms with van der Waals surface area (Å²) in [5, 5.41) is 9.85. The zero-order valence-corrected chi connectivity index (χ0v) is 28.9. The van der Waals surface area contributed by atoms with E-state index >= 15 is 0 Å². The van der Waals surface area contributed by atoms with E-state index in [-0.39, 0.29) is 23.6 Å². The van der Waals surface area contributed by atoms with Crippen LogP contribution in [0.25, 0.3) is 0 Å². The summed E-state index contributed by atoms with van der Waals surface area (Å²) in [5.41, 5.74) is 2.44. The molecule has 1 saturated heterocycles. The summed E-state index contributed by atoms with van der Waals surface area (Å²) in [7, 11) is 5.08. The van der Waals surface area contributed by atoms with Gasteiger partial charge in [-0.2, -0.15) is 13.2 Å². The highest BCUT2D eigenvalue weighted by molar-refractivity contribution is 5.95. The summed E-state index contributed by atoms with van der Waals surface area (Å²) in [6.45, 7) is 7.47. The number of likely N-dealkylation sites (tertiary alicyclic amines) is 1. The number of benzene rings is 2. The van der Waals surface area contributed by atoms with Crippen LogP contribution in [0.2, 0.25) is 0 Å². The highest BCUT2D eigenvalue weighted by Gasteiger charge is 2.33. The number of rotatable bonds is 7. The molecule has 1 aliphatic heterocycles. The van der Waals surface area contributed by atoms with Crippen molar-refractivity contribution in [2.45, 2.75) is 77.9 Å². The minimum atomic E-state index is -4.51. The fraction of sp³-hybridized carbons (Fsp3) is 0.500.